The first-order valence-electron chi connectivity index (χ1n) is 12.1. The topological polar surface area (TPSA) is 72.1 Å². The highest BCUT2D eigenvalue weighted by Gasteiger charge is 2.20. The molecule has 0 spiro atoms. The van der Waals surface area contributed by atoms with Crippen LogP contribution in [0.5, 0.6) is 11.5 Å². The zero-order valence-corrected chi connectivity index (χ0v) is 21.4. The number of hydrogen-bond donors (Lipinski definition) is 2. The molecular formula is C30H26N4O2S. The highest BCUT2D eigenvalue weighted by Crippen LogP contribution is 2.38. The molecule has 2 N–H and O–H groups in total. The first-order valence-corrected chi connectivity index (χ1v) is 12.9. The molecule has 0 bridgehead atoms. The normalized spacial score (nSPS) is 12.1. The summed E-state index contributed by atoms with van der Waals surface area (Å²) in [6, 6.07) is 24.8. The van der Waals surface area contributed by atoms with Crippen molar-refractivity contribution in [3.05, 3.63) is 102 Å². The molecule has 0 aliphatic heterocycles. The molecule has 3 aromatic heterocycles. The quantitative estimate of drug-likeness (QED) is 0.230. The standard InChI is InChI=1S/C30H26N4O2S/c1-35-21-11-7-19(8-12-21)24(25-16-31-27-6-4-3-5-23(25)27)15-32-29-28-26(17-37-30(28)34-18-33-29)20-9-13-22(36-2)14-10-20/h3-14,16-18,24,31H,15H2,1-2H3,(H,32,33,34). The second-order valence-electron chi connectivity index (χ2n) is 8.78. The molecule has 0 aliphatic rings. The van der Waals surface area contributed by atoms with Gasteiger partial charge in [0.05, 0.1) is 19.6 Å². The summed E-state index contributed by atoms with van der Waals surface area (Å²) in [6.45, 7) is 0.665. The van der Waals surface area contributed by atoms with E-state index in [1.807, 2.05) is 24.3 Å². The van der Waals surface area contributed by atoms with Gasteiger partial charge in [-0.2, -0.15) is 0 Å². The largest absolute Gasteiger partial charge is 0.497 e. The first kappa shape index (κ1) is 23.1. The third-order valence-electron chi connectivity index (χ3n) is 6.76. The number of aromatic amines is 1. The molecule has 6 rings (SSSR count). The summed E-state index contributed by atoms with van der Waals surface area (Å²) >= 11 is 1.63. The molecular weight excluding hydrogens is 480 g/mol. The molecule has 7 heteroatoms. The van der Waals surface area contributed by atoms with E-state index in [0.717, 1.165) is 44.2 Å². The maximum absolute atomic E-state index is 5.40. The van der Waals surface area contributed by atoms with Gasteiger partial charge in [-0.25, -0.2) is 9.97 Å². The van der Waals surface area contributed by atoms with Crippen molar-refractivity contribution >= 4 is 38.3 Å². The second-order valence-corrected chi connectivity index (χ2v) is 9.63. The van der Waals surface area contributed by atoms with Gasteiger partial charge in [0.25, 0.3) is 0 Å². The molecule has 0 saturated carbocycles. The average molecular weight is 507 g/mol. The maximum atomic E-state index is 5.40. The Morgan fingerprint density at radius 1 is 0.892 bits per heavy atom. The zero-order valence-electron chi connectivity index (χ0n) is 20.6. The first-order chi connectivity index (χ1) is 18.2. The number of methoxy groups -OCH3 is 2. The fourth-order valence-electron chi connectivity index (χ4n) is 4.82. The van der Waals surface area contributed by atoms with Gasteiger partial charge in [-0.1, -0.05) is 42.5 Å². The summed E-state index contributed by atoms with van der Waals surface area (Å²) in [4.78, 5) is 13.6. The van der Waals surface area contributed by atoms with Crippen molar-refractivity contribution in [3.8, 4) is 22.6 Å². The molecule has 0 amide bonds. The Morgan fingerprint density at radius 3 is 2.38 bits per heavy atom. The molecule has 1 unspecified atom stereocenters. The van der Waals surface area contributed by atoms with Crippen molar-refractivity contribution in [2.24, 2.45) is 0 Å². The van der Waals surface area contributed by atoms with E-state index in [9.17, 15) is 0 Å². The van der Waals surface area contributed by atoms with Crippen LogP contribution in [0.3, 0.4) is 0 Å². The van der Waals surface area contributed by atoms with Gasteiger partial charge in [-0.3, -0.25) is 0 Å². The Bertz CT molecular complexity index is 1660. The van der Waals surface area contributed by atoms with Gasteiger partial charge >= 0.3 is 0 Å². The molecule has 6 nitrogen and oxygen atoms in total. The number of nitrogens with one attached hydrogen (secondary N) is 2. The van der Waals surface area contributed by atoms with Crippen molar-refractivity contribution < 1.29 is 9.47 Å². The molecule has 0 saturated heterocycles. The lowest BCUT2D eigenvalue weighted by Crippen LogP contribution is -2.15. The van der Waals surface area contributed by atoms with E-state index in [-0.39, 0.29) is 5.92 Å². The number of hydrogen-bond acceptors (Lipinski definition) is 6. The number of thiophene rings is 1. The Morgan fingerprint density at radius 2 is 1.62 bits per heavy atom. The van der Waals surface area contributed by atoms with E-state index in [0.29, 0.717) is 6.54 Å². The number of nitrogens with zero attached hydrogens (tertiary/aromatic N) is 2. The van der Waals surface area contributed by atoms with E-state index in [2.05, 4.69) is 80.4 Å². The lowest BCUT2D eigenvalue weighted by atomic mass is 9.90. The van der Waals surface area contributed by atoms with E-state index >= 15 is 0 Å². The summed E-state index contributed by atoms with van der Waals surface area (Å²) in [6.07, 6.45) is 3.75. The summed E-state index contributed by atoms with van der Waals surface area (Å²) in [5.41, 5.74) is 5.77. The molecule has 0 radical (unpaired) electrons. The van der Waals surface area contributed by atoms with Crippen LogP contribution in [0.1, 0.15) is 17.0 Å². The Labute approximate surface area is 218 Å². The van der Waals surface area contributed by atoms with Crippen molar-refractivity contribution in [3.63, 3.8) is 0 Å². The predicted octanol–water partition coefficient (Wildman–Crippen LogP) is 7.10. The third-order valence-corrected chi connectivity index (χ3v) is 7.65. The second kappa shape index (κ2) is 9.95. The third kappa shape index (κ3) is 4.38. The summed E-state index contributed by atoms with van der Waals surface area (Å²) in [7, 11) is 3.37. The summed E-state index contributed by atoms with van der Waals surface area (Å²) in [5.74, 6) is 2.60. The number of aromatic nitrogens is 3. The van der Waals surface area contributed by atoms with E-state index in [4.69, 9.17) is 9.47 Å². The van der Waals surface area contributed by atoms with Crippen molar-refractivity contribution in [2.45, 2.75) is 5.92 Å². The van der Waals surface area contributed by atoms with Gasteiger partial charge in [-0.15, -0.1) is 11.3 Å². The van der Waals surface area contributed by atoms with E-state index < -0.39 is 0 Å². The van der Waals surface area contributed by atoms with Crippen molar-refractivity contribution in [2.75, 3.05) is 26.1 Å². The van der Waals surface area contributed by atoms with Crippen LogP contribution in [0, 0.1) is 0 Å². The highest BCUT2D eigenvalue weighted by atomic mass is 32.1. The van der Waals surface area contributed by atoms with Crippen molar-refractivity contribution in [1.29, 1.82) is 0 Å². The fourth-order valence-corrected chi connectivity index (χ4v) is 5.73. The minimum Gasteiger partial charge on any atom is -0.497 e. The van der Waals surface area contributed by atoms with Gasteiger partial charge in [0, 0.05) is 40.5 Å². The van der Waals surface area contributed by atoms with Crippen LogP contribution in [0.25, 0.3) is 32.2 Å². The molecule has 3 heterocycles. The minimum absolute atomic E-state index is 0.0927. The monoisotopic (exact) mass is 506 g/mol. The van der Waals surface area contributed by atoms with Gasteiger partial charge in [0.2, 0.25) is 0 Å². The molecule has 3 aromatic carbocycles. The SMILES string of the molecule is COc1ccc(-c2csc3ncnc(NCC(c4ccc(OC)cc4)c4c[nH]c5ccccc45)c23)cc1. The van der Waals surface area contributed by atoms with E-state index in [1.165, 1.54) is 16.5 Å². The Kier molecular flexibility index (Phi) is 6.20. The molecule has 37 heavy (non-hydrogen) atoms. The number of para-hydroxylation sites is 1. The van der Waals surface area contributed by atoms with Crippen molar-refractivity contribution in [1.82, 2.24) is 15.0 Å². The molecule has 0 aliphatic carbocycles. The molecule has 6 aromatic rings. The van der Waals surface area contributed by atoms with Gasteiger partial charge in [-0.05, 0) is 47.0 Å². The smallest absolute Gasteiger partial charge is 0.138 e. The lowest BCUT2D eigenvalue weighted by molar-refractivity contribution is 0.414. The maximum Gasteiger partial charge on any atom is 0.138 e. The number of rotatable bonds is 8. The average Bonchev–Trinajstić information content (AvgIpc) is 3.59. The number of anilines is 1. The van der Waals surface area contributed by atoms with Gasteiger partial charge in [0.15, 0.2) is 0 Å². The highest BCUT2D eigenvalue weighted by molar-refractivity contribution is 7.17. The van der Waals surface area contributed by atoms with Crippen LogP contribution in [0.4, 0.5) is 5.82 Å². The summed E-state index contributed by atoms with van der Waals surface area (Å²) in [5, 5.41) is 8.07. The molecule has 1 atom stereocenters. The number of fused-ring (bicyclic) bond motifs is 2. The minimum atomic E-state index is 0.0927. The van der Waals surface area contributed by atoms with Crippen LogP contribution < -0.4 is 14.8 Å². The summed E-state index contributed by atoms with van der Waals surface area (Å²) < 4.78 is 10.7. The van der Waals surface area contributed by atoms with Crippen LogP contribution in [-0.2, 0) is 0 Å². The molecule has 0 fully saturated rings. The van der Waals surface area contributed by atoms with Crippen LogP contribution in [0.15, 0.2) is 90.7 Å². The predicted molar refractivity (Wildman–Crippen MR) is 151 cm³/mol. The van der Waals surface area contributed by atoms with E-state index in [1.54, 1.807) is 31.9 Å². The Hall–Kier alpha value is -4.36. The fraction of sp³-hybridized carbons (Fsp3) is 0.133. The van der Waals surface area contributed by atoms with Crippen LogP contribution >= 0.6 is 11.3 Å². The number of H-pyrrole nitrogens is 1. The molecule has 184 valence electrons. The zero-order chi connectivity index (χ0) is 25.2. The number of ether oxygens (including phenoxy) is 2. The Balaban J connectivity index is 1.38. The van der Waals surface area contributed by atoms with Crippen LogP contribution in [0.2, 0.25) is 0 Å². The van der Waals surface area contributed by atoms with Crippen LogP contribution in [-0.4, -0.2) is 35.7 Å². The van der Waals surface area contributed by atoms with Gasteiger partial charge < -0.3 is 19.8 Å². The van der Waals surface area contributed by atoms with Gasteiger partial charge in [0.1, 0.15) is 28.5 Å². The lowest BCUT2D eigenvalue weighted by Gasteiger charge is -2.19. The number of benzene rings is 3.